The van der Waals surface area contributed by atoms with Crippen LogP contribution in [0.4, 0.5) is 0 Å². The average Bonchev–Trinajstić information content (AvgIpc) is 3.34. The quantitative estimate of drug-likeness (QED) is 0.0462. The molecule has 6 heterocycles. The summed E-state index contributed by atoms with van der Waals surface area (Å²) < 4.78 is 80.2. The van der Waals surface area contributed by atoms with Crippen LogP contribution < -0.4 is 78.6 Å². The standard InChI is InChI=1S/C15H12O5.C15H12O4.C13H12O4.C8H8O3.C7H5O2.C3H3B.C3H4.BrH.Mg/c16-15(9-1-3-11-13(5-9)19-7-17-11)10-2-4-12-14(6-10)20-8-18-12;1-3-12-14(18-8-16-12)6-10(1)5-11-2-4-13-15(7-11)19-9-17-13;14-10-3-1-8(6-12(10)16)5-9-2-4-11(15)13(17)7-9;1-9-6-2-3-7-8(4-6)11-5-10-7;1-2-4-7-6(3-1)8-5-9-7;1-2-3-4;1-3-2;;/h1-6,15-16H,7-8H2;1-4,6-7H,5,8-9H2;1-4,6-7,14-17H,5H2;2-4H,5H2,1H3;1,3-4H,5H2;1H,3H2;1H,2H3;1H;/q;;;;-1;;;;+2/p-1/i;;;;;2*1D;;. The first-order valence-corrected chi connectivity index (χ1v) is 25.3. The van der Waals surface area contributed by atoms with Gasteiger partial charge in [0, 0.05) is 6.07 Å². The van der Waals surface area contributed by atoms with Crippen LogP contribution >= 0.6 is 0 Å². The number of rotatable bonds is 7. The average molecular weight is 1230 g/mol. The molecule has 18 nitrogen and oxygen atoms in total. The van der Waals surface area contributed by atoms with Gasteiger partial charge in [-0.2, -0.15) is 12.1 Å². The van der Waals surface area contributed by atoms with Crippen molar-refractivity contribution >= 4 is 30.9 Å². The Kier molecular flexibility index (Phi) is 23.7. The zero-order valence-corrected chi connectivity index (χ0v) is 49.0. The van der Waals surface area contributed by atoms with Crippen molar-refractivity contribution in [1.82, 2.24) is 0 Å². The number of benzene rings is 8. The van der Waals surface area contributed by atoms with E-state index in [-0.39, 0.29) is 76.6 Å². The van der Waals surface area contributed by atoms with Gasteiger partial charge in [-0.05, 0) is 144 Å². The third kappa shape index (κ3) is 18.1. The predicted molar refractivity (Wildman–Crippen MR) is 310 cm³/mol. The minimum absolute atomic E-state index is 0. The van der Waals surface area contributed by atoms with Gasteiger partial charge in [0.15, 0.2) is 80.5 Å². The Morgan fingerprint density at radius 1 is 0.482 bits per heavy atom. The third-order valence-electron chi connectivity index (χ3n) is 12.1. The normalized spacial score (nSPS) is 12.5. The molecule has 85 heavy (non-hydrogen) atoms. The van der Waals surface area contributed by atoms with Crippen LogP contribution in [0.15, 0.2) is 146 Å². The number of ether oxygens (including phenoxy) is 13. The van der Waals surface area contributed by atoms with Gasteiger partial charge in [-0.25, -0.2) is 0 Å². The molecule has 432 valence electrons. The van der Waals surface area contributed by atoms with Crippen molar-refractivity contribution in [2.24, 2.45) is 0 Å². The molecule has 6 aliphatic heterocycles. The summed E-state index contributed by atoms with van der Waals surface area (Å²) in [5.41, 5.74) is 5.45. The molecule has 0 aromatic heterocycles. The van der Waals surface area contributed by atoms with E-state index >= 15 is 0 Å². The van der Waals surface area contributed by atoms with Gasteiger partial charge >= 0.3 is 23.1 Å². The second-order valence-electron chi connectivity index (χ2n) is 17.6. The van der Waals surface area contributed by atoms with E-state index in [9.17, 15) is 15.3 Å². The second kappa shape index (κ2) is 32.6. The smallest absolute Gasteiger partial charge is 1.00 e. The number of fused-ring (bicyclic) bond motifs is 6. The van der Waals surface area contributed by atoms with E-state index in [0.717, 1.165) is 80.4 Å². The zero-order valence-electron chi connectivity index (χ0n) is 48.0. The van der Waals surface area contributed by atoms with E-state index in [2.05, 4.69) is 30.0 Å². The van der Waals surface area contributed by atoms with E-state index in [1.54, 1.807) is 62.6 Å². The first-order valence-electron chi connectivity index (χ1n) is 26.3. The molecule has 14 rings (SSSR count). The number of hydrogen-bond donors (Lipinski definition) is 5. The molecule has 0 bridgehead atoms. The minimum Gasteiger partial charge on any atom is -1.00 e. The van der Waals surface area contributed by atoms with E-state index in [0.29, 0.717) is 62.9 Å². The van der Waals surface area contributed by atoms with Crippen LogP contribution in [0.2, 0.25) is 6.32 Å². The summed E-state index contributed by atoms with van der Waals surface area (Å²) in [5.74, 6) is 13.9. The molecule has 21 heteroatoms. The molecular weight excluding hydrogens is 1170 g/mol. The van der Waals surface area contributed by atoms with Gasteiger partial charge in [0.25, 0.3) is 0 Å². The molecule has 0 fully saturated rings. The maximum Gasteiger partial charge on any atom is 2.00 e. The Balaban J connectivity index is 0.000000170. The number of aliphatic hydroxyl groups is 1. The number of methoxy groups -OCH3 is 1. The maximum atomic E-state index is 10.5. The van der Waals surface area contributed by atoms with Gasteiger partial charge < -0.3 is 104 Å². The summed E-state index contributed by atoms with van der Waals surface area (Å²) in [6, 6.07) is 45.7. The zero-order chi connectivity index (χ0) is 59.9. The molecule has 0 saturated heterocycles. The summed E-state index contributed by atoms with van der Waals surface area (Å²) in [6.45, 7) is 3.34. The summed E-state index contributed by atoms with van der Waals surface area (Å²) in [7, 11) is 6.47. The SMILES string of the molecule is COc1ccc2c(c1)OCO2.OC(c1ccc2c(c1)OCO2)c1ccc2c(c1)OCO2.Oc1ccc(Cc2ccc(O)c(O)c2)cc1O.[2H]C#CC.[2H]C#CC[B].[Br-].[Mg+2].[c-]1ccc2c(c1)OCO2.c1cc2c(cc1Cc1ccc3c(c1)OCO3)OCO2. The molecule has 0 spiro atoms. The fourth-order valence-electron chi connectivity index (χ4n) is 8.08. The van der Waals surface area contributed by atoms with Crippen molar-refractivity contribution in [3.05, 3.63) is 185 Å². The van der Waals surface area contributed by atoms with Crippen molar-refractivity contribution in [1.29, 1.82) is 0 Å². The van der Waals surface area contributed by atoms with Crippen LogP contribution in [0, 0.1) is 30.7 Å². The molecule has 6 aliphatic rings. The predicted octanol–water partition coefficient (Wildman–Crippen LogP) is 7.17. The summed E-state index contributed by atoms with van der Waals surface area (Å²) in [4.78, 5) is 0. The number of aliphatic hydroxyl groups excluding tert-OH is 1. The molecule has 2 radical (unpaired) electrons. The van der Waals surface area contributed by atoms with Crippen LogP contribution in [0.25, 0.3) is 0 Å². The minimum atomic E-state index is -0.751. The largest absolute Gasteiger partial charge is 2.00 e. The Morgan fingerprint density at radius 3 is 1.21 bits per heavy atom. The van der Waals surface area contributed by atoms with Crippen LogP contribution in [-0.2, 0) is 12.8 Å². The summed E-state index contributed by atoms with van der Waals surface area (Å²) in [6.07, 6.45) is 4.68. The summed E-state index contributed by atoms with van der Waals surface area (Å²) >= 11 is 0. The molecule has 0 unspecified atom stereocenters. The number of hydrogen-bond acceptors (Lipinski definition) is 18. The van der Waals surface area contributed by atoms with Crippen LogP contribution in [0.1, 0.15) is 49.1 Å². The van der Waals surface area contributed by atoms with Crippen molar-refractivity contribution < 1.29 is 107 Å². The van der Waals surface area contributed by atoms with Crippen molar-refractivity contribution in [3.63, 3.8) is 0 Å². The molecule has 0 aliphatic carbocycles. The Labute approximate surface area is 522 Å². The number of phenolic OH excluding ortho intramolecular Hbond substituents is 4. The molecule has 8 aromatic carbocycles. The van der Waals surface area contributed by atoms with Gasteiger partial charge in [-0.15, -0.1) is 36.8 Å². The second-order valence-corrected chi connectivity index (χ2v) is 17.6. The molecule has 5 N–H and O–H groups in total. The maximum absolute atomic E-state index is 10.5. The molecule has 0 amide bonds. The van der Waals surface area contributed by atoms with Gasteiger partial charge in [-0.1, -0.05) is 36.4 Å². The van der Waals surface area contributed by atoms with E-state index < -0.39 is 6.10 Å². The van der Waals surface area contributed by atoms with Crippen LogP contribution in [-0.4, -0.2) is 104 Å². The fourth-order valence-corrected chi connectivity index (χ4v) is 8.08. The molecule has 8 aromatic rings. The van der Waals surface area contributed by atoms with Crippen molar-refractivity contribution in [2.75, 3.05) is 47.9 Å². The van der Waals surface area contributed by atoms with Gasteiger partial charge in [-0.3, -0.25) is 0 Å². The van der Waals surface area contributed by atoms with E-state index in [4.69, 9.17) is 82.4 Å². The number of halogens is 1. The molecular formula is C64H56BBrMgO18. The Morgan fingerprint density at radius 2 is 0.835 bits per heavy atom. The van der Waals surface area contributed by atoms with Crippen LogP contribution in [0.3, 0.4) is 0 Å². The van der Waals surface area contributed by atoms with Gasteiger partial charge in [0.2, 0.25) is 40.8 Å². The Hall–Kier alpha value is -9.25. The number of terminal acetylenes is 2. The van der Waals surface area contributed by atoms with E-state index in [1.165, 1.54) is 35.4 Å². The number of aromatic hydroxyl groups is 4. The van der Waals surface area contributed by atoms with Gasteiger partial charge in [0.05, 0.1) is 26.5 Å². The molecule has 0 saturated carbocycles. The first kappa shape index (κ1) is 61.8. The topological polar surface area (TPSA) is 221 Å². The number of phenols is 4. The van der Waals surface area contributed by atoms with Crippen molar-refractivity contribution in [3.8, 4) is 122 Å². The first-order chi connectivity index (χ1) is 41.4. The molecule has 0 atom stereocenters. The van der Waals surface area contributed by atoms with Gasteiger partial charge in [0.1, 0.15) is 14.6 Å². The fraction of sp³-hybridized carbons (Fsp3) is 0.188. The Bertz CT molecular complexity index is 3500. The van der Waals surface area contributed by atoms with E-state index in [1.807, 2.05) is 73.5 Å². The summed E-state index contributed by atoms with van der Waals surface area (Å²) in [5, 5.41) is 47.5. The monoisotopic (exact) mass is 1230 g/mol. The van der Waals surface area contributed by atoms with Crippen molar-refractivity contribution in [2.45, 2.75) is 32.2 Å². The van der Waals surface area contributed by atoms with Crippen LogP contribution in [0.5, 0.6) is 97.7 Å². The third-order valence-corrected chi connectivity index (χ3v) is 12.1.